The van der Waals surface area contributed by atoms with Crippen molar-refractivity contribution in [1.29, 1.82) is 0 Å². The molecule has 0 radical (unpaired) electrons. The highest BCUT2D eigenvalue weighted by Gasteiger charge is 2.57. The van der Waals surface area contributed by atoms with Crippen LogP contribution >= 0.6 is 0 Å². The normalized spacial score (nSPS) is 27.1. The van der Waals surface area contributed by atoms with Crippen LogP contribution in [0.15, 0.2) is 24.3 Å². The molecule has 1 aromatic carbocycles. The second-order valence-electron chi connectivity index (χ2n) is 7.95. The average molecular weight is 330 g/mol. The Morgan fingerprint density at radius 2 is 1.83 bits per heavy atom. The summed E-state index contributed by atoms with van der Waals surface area (Å²) in [6.45, 7) is 2.07. The van der Waals surface area contributed by atoms with E-state index in [9.17, 15) is 9.18 Å². The zero-order valence-corrected chi connectivity index (χ0v) is 14.2. The maximum absolute atomic E-state index is 13.3. The molecule has 1 spiro atoms. The minimum absolute atomic E-state index is 0.0416. The molecule has 1 aromatic rings. The summed E-state index contributed by atoms with van der Waals surface area (Å²) in [6.07, 6.45) is 8.06. The Bertz CT molecular complexity index is 588. The van der Waals surface area contributed by atoms with Crippen LogP contribution < -0.4 is 10.6 Å². The lowest BCUT2D eigenvalue weighted by Crippen LogP contribution is -2.37. The standard InChI is InChI=1S/C20H27FN2O/c21-16-7-5-15(6-8-16)18(14-3-1-2-4-14)23-19(24)17-13-20(17)9-11-22-12-10-20/h5-8,14,17-18,22H,1-4,9-13H2,(H,23,24). The van der Waals surface area contributed by atoms with Crippen LogP contribution in [0.5, 0.6) is 0 Å². The second-order valence-corrected chi connectivity index (χ2v) is 7.95. The summed E-state index contributed by atoms with van der Waals surface area (Å²) < 4.78 is 13.3. The molecule has 3 fully saturated rings. The molecule has 4 heteroatoms. The number of nitrogens with one attached hydrogen (secondary N) is 2. The predicted molar refractivity (Wildman–Crippen MR) is 91.9 cm³/mol. The zero-order valence-electron chi connectivity index (χ0n) is 14.2. The maximum Gasteiger partial charge on any atom is 0.224 e. The number of hydrogen-bond donors (Lipinski definition) is 2. The fourth-order valence-electron chi connectivity index (χ4n) is 4.88. The number of carbonyl (C=O) groups excluding carboxylic acids is 1. The van der Waals surface area contributed by atoms with E-state index < -0.39 is 0 Å². The molecule has 0 aromatic heterocycles. The molecule has 2 unspecified atom stereocenters. The van der Waals surface area contributed by atoms with E-state index in [0.717, 1.165) is 50.8 Å². The van der Waals surface area contributed by atoms with E-state index in [-0.39, 0.29) is 29.1 Å². The van der Waals surface area contributed by atoms with Gasteiger partial charge in [-0.2, -0.15) is 0 Å². The molecule has 130 valence electrons. The molecule has 2 saturated carbocycles. The lowest BCUT2D eigenvalue weighted by atomic mass is 9.89. The van der Waals surface area contributed by atoms with Gasteiger partial charge in [0.2, 0.25) is 5.91 Å². The van der Waals surface area contributed by atoms with Gasteiger partial charge in [0.25, 0.3) is 0 Å². The molecule has 3 nitrogen and oxygen atoms in total. The molecule has 1 amide bonds. The number of rotatable bonds is 4. The largest absolute Gasteiger partial charge is 0.349 e. The Labute approximate surface area is 143 Å². The number of benzene rings is 1. The van der Waals surface area contributed by atoms with Gasteiger partial charge in [-0.25, -0.2) is 4.39 Å². The van der Waals surface area contributed by atoms with E-state index in [1.54, 1.807) is 0 Å². The van der Waals surface area contributed by atoms with Crippen LogP contribution in [0.3, 0.4) is 0 Å². The van der Waals surface area contributed by atoms with E-state index in [1.165, 1.54) is 25.0 Å². The van der Waals surface area contributed by atoms with Gasteiger partial charge in [0, 0.05) is 5.92 Å². The van der Waals surface area contributed by atoms with E-state index in [4.69, 9.17) is 0 Å². The lowest BCUT2D eigenvalue weighted by Gasteiger charge is -2.27. The topological polar surface area (TPSA) is 41.1 Å². The molecule has 1 heterocycles. The fourth-order valence-corrected chi connectivity index (χ4v) is 4.88. The van der Waals surface area contributed by atoms with Crippen molar-refractivity contribution in [2.24, 2.45) is 17.3 Å². The molecule has 4 rings (SSSR count). The first kappa shape index (κ1) is 16.1. The van der Waals surface area contributed by atoms with Gasteiger partial charge >= 0.3 is 0 Å². The minimum atomic E-state index is -0.217. The number of hydrogen-bond acceptors (Lipinski definition) is 2. The van der Waals surface area contributed by atoms with Crippen LogP contribution in [-0.4, -0.2) is 19.0 Å². The van der Waals surface area contributed by atoms with Crippen molar-refractivity contribution >= 4 is 5.91 Å². The summed E-state index contributed by atoms with van der Waals surface area (Å²) in [4.78, 5) is 12.9. The summed E-state index contributed by atoms with van der Waals surface area (Å²) in [5.74, 6) is 0.676. The van der Waals surface area contributed by atoms with Crippen LogP contribution in [-0.2, 0) is 4.79 Å². The van der Waals surface area contributed by atoms with Gasteiger partial charge in [-0.15, -0.1) is 0 Å². The van der Waals surface area contributed by atoms with Gasteiger partial charge < -0.3 is 10.6 Å². The minimum Gasteiger partial charge on any atom is -0.349 e. The summed E-state index contributed by atoms with van der Waals surface area (Å²) in [6, 6.07) is 6.74. The molecule has 0 bridgehead atoms. The molecule has 1 saturated heterocycles. The summed E-state index contributed by atoms with van der Waals surface area (Å²) in [7, 11) is 0. The molecular weight excluding hydrogens is 303 g/mol. The Morgan fingerprint density at radius 3 is 2.50 bits per heavy atom. The highest BCUT2D eigenvalue weighted by atomic mass is 19.1. The van der Waals surface area contributed by atoms with Crippen LogP contribution in [0.25, 0.3) is 0 Å². The van der Waals surface area contributed by atoms with E-state index in [1.807, 2.05) is 12.1 Å². The Kier molecular flexibility index (Phi) is 4.33. The first-order valence-corrected chi connectivity index (χ1v) is 9.45. The number of halogens is 1. The van der Waals surface area contributed by atoms with Gasteiger partial charge in [-0.1, -0.05) is 25.0 Å². The summed E-state index contributed by atoms with van der Waals surface area (Å²) >= 11 is 0. The zero-order chi connectivity index (χ0) is 16.6. The third-order valence-electron chi connectivity index (χ3n) is 6.50. The molecule has 2 atom stereocenters. The maximum atomic E-state index is 13.3. The lowest BCUT2D eigenvalue weighted by molar-refractivity contribution is -0.124. The molecule has 1 aliphatic heterocycles. The Morgan fingerprint density at radius 1 is 1.17 bits per heavy atom. The SMILES string of the molecule is O=C(NC(c1ccc(F)cc1)C1CCCC1)C1CC12CCNCC2. The van der Waals surface area contributed by atoms with Crippen LogP contribution in [0.2, 0.25) is 0 Å². The van der Waals surface area contributed by atoms with Gasteiger partial charge in [-0.05, 0) is 74.2 Å². The second kappa shape index (κ2) is 6.47. The van der Waals surface area contributed by atoms with Crippen molar-refractivity contribution in [3.05, 3.63) is 35.6 Å². The third-order valence-corrected chi connectivity index (χ3v) is 6.50. The first-order valence-electron chi connectivity index (χ1n) is 9.45. The van der Waals surface area contributed by atoms with Crippen LogP contribution in [0.1, 0.15) is 56.6 Å². The molecule has 24 heavy (non-hydrogen) atoms. The predicted octanol–water partition coefficient (Wildman–Crippen LogP) is 3.56. The number of carbonyl (C=O) groups is 1. The highest BCUT2D eigenvalue weighted by molar-refractivity contribution is 5.83. The van der Waals surface area contributed by atoms with Gasteiger partial charge in [-0.3, -0.25) is 4.79 Å². The molecule has 3 aliphatic rings. The average Bonchev–Trinajstić information content (AvgIpc) is 3.04. The Hall–Kier alpha value is -1.42. The van der Waals surface area contributed by atoms with Gasteiger partial charge in [0.05, 0.1) is 6.04 Å². The number of amides is 1. The van der Waals surface area contributed by atoms with E-state index >= 15 is 0 Å². The summed E-state index contributed by atoms with van der Waals surface area (Å²) in [5.41, 5.74) is 1.31. The molecule has 2 aliphatic carbocycles. The summed E-state index contributed by atoms with van der Waals surface area (Å²) in [5, 5.41) is 6.74. The van der Waals surface area contributed by atoms with Crippen molar-refractivity contribution in [1.82, 2.24) is 10.6 Å². The third kappa shape index (κ3) is 3.08. The van der Waals surface area contributed by atoms with Crippen molar-refractivity contribution in [2.75, 3.05) is 13.1 Å². The van der Waals surface area contributed by atoms with Crippen molar-refractivity contribution in [2.45, 2.75) is 51.0 Å². The molecular formula is C20H27FN2O. The van der Waals surface area contributed by atoms with Crippen molar-refractivity contribution in [3.63, 3.8) is 0 Å². The van der Waals surface area contributed by atoms with Crippen molar-refractivity contribution < 1.29 is 9.18 Å². The molecule has 2 N–H and O–H groups in total. The highest BCUT2D eigenvalue weighted by Crippen LogP contribution is 2.58. The monoisotopic (exact) mass is 330 g/mol. The van der Waals surface area contributed by atoms with Gasteiger partial charge in [0.1, 0.15) is 5.82 Å². The van der Waals surface area contributed by atoms with Crippen LogP contribution in [0.4, 0.5) is 4.39 Å². The smallest absolute Gasteiger partial charge is 0.224 e. The first-order chi connectivity index (χ1) is 11.7. The van der Waals surface area contributed by atoms with Crippen LogP contribution in [0, 0.1) is 23.1 Å². The van der Waals surface area contributed by atoms with E-state index in [2.05, 4.69) is 10.6 Å². The Balaban J connectivity index is 1.47. The van der Waals surface area contributed by atoms with Crippen molar-refractivity contribution in [3.8, 4) is 0 Å². The number of piperidine rings is 1. The fraction of sp³-hybridized carbons (Fsp3) is 0.650. The van der Waals surface area contributed by atoms with Gasteiger partial charge in [0.15, 0.2) is 0 Å². The quantitative estimate of drug-likeness (QED) is 0.886. The van der Waals surface area contributed by atoms with E-state index in [0.29, 0.717) is 5.92 Å².